The van der Waals surface area contributed by atoms with Gasteiger partial charge >= 0.3 is 0 Å². The lowest BCUT2D eigenvalue weighted by atomic mass is 10.1. The fourth-order valence-corrected chi connectivity index (χ4v) is 1.79. The van der Waals surface area contributed by atoms with Gasteiger partial charge in [0.2, 0.25) is 0 Å². The summed E-state index contributed by atoms with van der Waals surface area (Å²) in [6, 6.07) is 0. The molecule has 0 amide bonds. The molecule has 1 saturated heterocycles. The number of nitrogens with one attached hydrogen (secondary N) is 1. The summed E-state index contributed by atoms with van der Waals surface area (Å²) in [5.74, 6) is 0. The number of hydrogen-bond donors (Lipinski definition) is 1. The molecular weight excluding hydrogens is 176 g/mol. The van der Waals surface area contributed by atoms with Crippen molar-refractivity contribution in [3.63, 3.8) is 0 Å². The minimum atomic E-state index is 0.0460. The van der Waals surface area contributed by atoms with Crippen LogP contribution in [0.15, 0.2) is 18.4 Å². The van der Waals surface area contributed by atoms with E-state index >= 15 is 0 Å². The van der Waals surface area contributed by atoms with Crippen molar-refractivity contribution in [2.75, 3.05) is 20.1 Å². The number of nitrogens with zero attached hydrogens (tertiary/aromatic N) is 1. The third-order valence-electron chi connectivity index (χ3n) is 2.70. The summed E-state index contributed by atoms with van der Waals surface area (Å²) >= 11 is 0. The quantitative estimate of drug-likeness (QED) is 0.705. The first kappa shape index (κ1) is 9.74. The molecule has 0 aromatic heterocycles. The van der Waals surface area contributed by atoms with Crippen LogP contribution >= 0.6 is 0 Å². The number of allylic oxidation sites excluding steroid dienone is 2. The molecule has 2 rings (SSSR count). The average Bonchev–Trinajstić information content (AvgIpc) is 2.23. The zero-order valence-corrected chi connectivity index (χ0v) is 8.57. The van der Waals surface area contributed by atoms with Crippen molar-refractivity contribution in [3.8, 4) is 0 Å². The lowest BCUT2D eigenvalue weighted by Crippen LogP contribution is -2.39. The van der Waals surface area contributed by atoms with Crippen LogP contribution in [0, 0.1) is 6.08 Å². The molecule has 77 valence electrons. The Bertz CT molecular complexity index is 229. The first-order valence-corrected chi connectivity index (χ1v) is 5.19. The molecule has 1 radical (unpaired) electrons. The lowest BCUT2D eigenvalue weighted by Gasteiger charge is -2.31. The second kappa shape index (κ2) is 4.62. The van der Waals surface area contributed by atoms with E-state index in [0.717, 1.165) is 25.9 Å². The van der Waals surface area contributed by atoms with Gasteiger partial charge < -0.3 is 15.0 Å². The highest BCUT2D eigenvalue weighted by Crippen LogP contribution is 2.14. The number of ether oxygens (including phenoxy) is 1. The van der Waals surface area contributed by atoms with Crippen LogP contribution in [0.4, 0.5) is 0 Å². The molecule has 2 aliphatic rings. The highest BCUT2D eigenvalue weighted by atomic mass is 16.5. The molecule has 0 saturated carbocycles. The number of rotatable bonds is 2. The molecule has 3 nitrogen and oxygen atoms in total. The van der Waals surface area contributed by atoms with Crippen LogP contribution < -0.4 is 5.32 Å². The molecule has 0 aromatic carbocycles. The van der Waals surface area contributed by atoms with Crippen molar-refractivity contribution in [2.24, 2.45) is 0 Å². The Morgan fingerprint density at radius 2 is 2.21 bits per heavy atom. The maximum atomic E-state index is 5.88. The van der Waals surface area contributed by atoms with Crippen LogP contribution in [0.3, 0.4) is 0 Å². The molecular formula is C11H17N2O. The first-order chi connectivity index (χ1) is 6.84. The number of dihydropyridines is 1. The molecule has 0 aliphatic carbocycles. The van der Waals surface area contributed by atoms with Gasteiger partial charge in [0, 0.05) is 19.3 Å². The minimum absolute atomic E-state index is 0.0460. The van der Waals surface area contributed by atoms with Gasteiger partial charge in [-0.2, -0.15) is 0 Å². The van der Waals surface area contributed by atoms with Gasteiger partial charge in [-0.1, -0.05) is 6.08 Å². The van der Waals surface area contributed by atoms with E-state index in [4.69, 9.17) is 4.74 Å². The molecule has 0 aromatic rings. The minimum Gasteiger partial charge on any atom is -0.362 e. The SMILES string of the molecule is CN1CCC(OC2C=C[C]=CN2)CC1. The van der Waals surface area contributed by atoms with Crippen molar-refractivity contribution < 1.29 is 4.74 Å². The van der Waals surface area contributed by atoms with Crippen molar-refractivity contribution in [2.45, 2.75) is 25.2 Å². The van der Waals surface area contributed by atoms with Gasteiger partial charge in [0.25, 0.3) is 0 Å². The van der Waals surface area contributed by atoms with Crippen LogP contribution in [0.5, 0.6) is 0 Å². The van der Waals surface area contributed by atoms with Crippen LogP contribution in [0.1, 0.15) is 12.8 Å². The zero-order chi connectivity index (χ0) is 9.80. The maximum absolute atomic E-state index is 5.88. The van der Waals surface area contributed by atoms with E-state index in [2.05, 4.69) is 23.3 Å². The van der Waals surface area contributed by atoms with Gasteiger partial charge in [0.05, 0.1) is 6.10 Å². The van der Waals surface area contributed by atoms with Gasteiger partial charge in [-0.15, -0.1) is 0 Å². The number of hydrogen-bond acceptors (Lipinski definition) is 3. The van der Waals surface area contributed by atoms with Gasteiger partial charge in [-0.3, -0.25) is 0 Å². The topological polar surface area (TPSA) is 24.5 Å². The van der Waals surface area contributed by atoms with E-state index < -0.39 is 0 Å². The summed E-state index contributed by atoms with van der Waals surface area (Å²) in [7, 11) is 2.16. The Labute approximate surface area is 85.4 Å². The highest BCUT2D eigenvalue weighted by Gasteiger charge is 2.19. The average molecular weight is 193 g/mol. The zero-order valence-electron chi connectivity index (χ0n) is 8.57. The molecule has 1 atom stereocenters. The smallest absolute Gasteiger partial charge is 0.147 e. The second-order valence-electron chi connectivity index (χ2n) is 3.90. The van der Waals surface area contributed by atoms with Crippen LogP contribution in [-0.2, 0) is 4.74 Å². The molecule has 1 fully saturated rings. The fraction of sp³-hybridized carbons (Fsp3) is 0.636. The largest absolute Gasteiger partial charge is 0.362 e. The molecule has 0 spiro atoms. The molecule has 1 unspecified atom stereocenters. The Morgan fingerprint density at radius 3 is 2.86 bits per heavy atom. The van der Waals surface area contributed by atoms with Gasteiger partial charge in [0.15, 0.2) is 0 Å². The normalized spacial score (nSPS) is 29.1. The molecule has 14 heavy (non-hydrogen) atoms. The maximum Gasteiger partial charge on any atom is 0.147 e. The summed E-state index contributed by atoms with van der Waals surface area (Å²) in [5, 5.41) is 3.12. The summed E-state index contributed by atoms with van der Waals surface area (Å²) in [5.41, 5.74) is 0. The summed E-state index contributed by atoms with van der Waals surface area (Å²) < 4.78 is 5.88. The molecule has 1 N–H and O–H groups in total. The van der Waals surface area contributed by atoms with E-state index in [1.165, 1.54) is 0 Å². The van der Waals surface area contributed by atoms with Crippen molar-refractivity contribution in [1.29, 1.82) is 0 Å². The van der Waals surface area contributed by atoms with Gasteiger partial charge in [-0.05, 0) is 32.0 Å². The summed E-state index contributed by atoms with van der Waals surface area (Å²) in [6.07, 6.45) is 11.4. The Balaban J connectivity index is 1.75. The Kier molecular flexibility index (Phi) is 3.22. The predicted molar refractivity (Wildman–Crippen MR) is 55.5 cm³/mol. The third kappa shape index (κ3) is 2.59. The molecule has 2 heterocycles. The van der Waals surface area contributed by atoms with E-state index in [-0.39, 0.29) is 6.23 Å². The van der Waals surface area contributed by atoms with E-state index in [1.54, 1.807) is 6.20 Å². The standard InChI is InChI=1S/C11H17N2O/c1-13-8-5-10(6-9-13)14-11-4-2-3-7-12-11/h2,4,7,10-12H,5-6,8-9H2,1H3. The van der Waals surface area contributed by atoms with Crippen LogP contribution in [0.2, 0.25) is 0 Å². The number of likely N-dealkylation sites (tertiary alicyclic amines) is 1. The summed E-state index contributed by atoms with van der Waals surface area (Å²) in [4.78, 5) is 2.34. The van der Waals surface area contributed by atoms with Crippen molar-refractivity contribution in [3.05, 3.63) is 24.4 Å². The summed E-state index contributed by atoms with van der Waals surface area (Å²) in [6.45, 7) is 2.28. The first-order valence-electron chi connectivity index (χ1n) is 5.19. The second-order valence-corrected chi connectivity index (χ2v) is 3.90. The van der Waals surface area contributed by atoms with Crippen molar-refractivity contribution >= 4 is 0 Å². The molecule has 2 aliphatic heterocycles. The van der Waals surface area contributed by atoms with Crippen LogP contribution in [0.25, 0.3) is 0 Å². The Morgan fingerprint density at radius 1 is 1.43 bits per heavy atom. The highest BCUT2D eigenvalue weighted by molar-refractivity contribution is 5.04. The van der Waals surface area contributed by atoms with Crippen molar-refractivity contribution in [1.82, 2.24) is 10.2 Å². The van der Waals surface area contributed by atoms with Gasteiger partial charge in [0.1, 0.15) is 6.23 Å². The van der Waals surface area contributed by atoms with E-state index in [9.17, 15) is 0 Å². The molecule has 3 heteroatoms. The molecule has 0 bridgehead atoms. The van der Waals surface area contributed by atoms with E-state index in [1.807, 2.05) is 12.2 Å². The number of piperidine rings is 1. The monoisotopic (exact) mass is 193 g/mol. The lowest BCUT2D eigenvalue weighted by molar-refractivity contribution is -0.0275. The fourth-order valence-electron chi connectivity index (χ4n) is 1.79. The third-order valence-corrected chi connectivity index (χ3v) is 2.70. The Hall–Kier alpha value is -0.800. The van der Waals surface area contributed by atoms with Gasteiger partial charge in [-0.25, -0.2) is 0 Å². The van der Waals surface area contributed by atoms with Crippen LogP contribution in [-0.4, -0.2) is 37.4 Å². The van der Waals surface area contributed by atoms with E-state index in [0.29, 0.717) is 6.10 Å². The predicted octanol–water partition coefficient (Wildman–Crippen LogP) is 0.900.